The summed E-state index contributed by atoms with van der Waals surface area (Å²) < 4.78 is 1.50. The Balaban J connectivity index is 1.80. The normalized spacial score (nSPS) is 10.7. The number of carbonyl (C=O) groups is 2. The number of carbonyl (C=O) groups excluding carboxylic acids is 2. The highest BCUT2D eigenvalue weighted by Gasteiger charge is 2.20. The predicted molar refractivity (Wildman–Crippen MR) is 118 cm³/mol. The second-order valence-corrected chi connectivity index (χ2v) is 7.62. The highest BCUT2D eigenvalue weighted by molar-refractivity contribution is 6.37. The molecule has 2 amide bonds. The SMILES string of the molecule is CCc1nc(C(=O)Nc2ccc(CC(=O)N(C)C)cc2)nn1-c1c(Cl)cccc1Cl. The third-order valence-corrected chi connectivity index (χ3v) is 5.02. The van der Waals surface area contributed by atoms with Crippen LogP contribution < -0.4 is 5.32 Å². The Hall–Kier alpha value is -2.90. The van der Waals surface area contributed by atoms with Gasteiger partial charge in [-0.3, -0.25) is 9.59 Å². The Morgan fingerprint density at radius 1 is 1.07 bits per heavy atom. The lowest BCUT2D eigenvalue weighted by Crippen LogP contribution is -2.23. The average molecular weight is 446 g/mol. The zero-order valence-electron chi connectivity index (χ0n) is 16.8. The number of amides is 2. The van der Waals surface area contributed by atoms with E-state index in [4.69, 9.17) is 23.2 Å². The Morgan fingerprint density at radius 2 is 1.70 bits per heavy atom. The minimum Gasteiger partial charge on any atom is -0.349 e. The number of hydrogen-bond donors (Lipinski definition) is 1. The minimum atomic E-state index is -0.455. The van der Waals surface area contributed by atoms with Crippen LogP contribution in [0.5, 0.6) is 0 Å². The molecule has 0 spiro atoms. The van der Waals surface area contributed by atoms with Crippen molar-refractivity contribution < 1.29 is 9.59 Å². The molecule has 0 saturated carbocycles. The number of aromatic nitrogens is 3. The maximum Gasteiger partial charge on any atom is 0.295 e. The molecule has 0 aliphatic carbocycles. The summed E-state index contributed by atoms with van der Waals surface area (Å²) >= 11 is 12.6. The smallest absolute Gasteiger partial charge is 0.295 e. The predicted octanol–water partition coefficient (Wildman–Crippen LogP) is 4.02. The lowest BCUT2D eigenvalue weighted by atomic mass is 10.1. The number of rotatable bonds is 6. The molecule has 0 fully saturated rings. The van der Waals surface area contributed by atoms with Crippen molar-refractivity contribution in [3.05, 3.63) is 69.7 Å². The van der Waals surface area contributed by atoms with E-state index in [1.807, 2.05) is 6.92 Å². The van der Waals surface area contributed by atoms with E-state index in [0.717, 1.165) is 5.56 Å². The summed E-state index contributed by atoms with van der Waals surface area (Å²) in [7, 11) is 3.42. The zero-order valence-corrected chi connectivity index (χ0v) is 18.3. The monoisotopic (exact) mass is 445 g/mol. The van der Waals surface area contributed by atoms with E-state index in [1.165, 1.54) is 9.58 Å². The largest absolute Gasteiger partial charge is 0.349 e. The first-order valence-electron chi connectivity index (χ1n) is 9.31. The lowest BCUT2D eigenvalue weighted by molar-refractivity contribution is -0.127. The van der Waals surface area contributed by atoms with Crippen molar-refractivity contribution in [2.45, 2.75) is 19.8 Å². The fraction of sp³-hybridized carbons (Fsp3) is 0.238. The van der Waals surface area contributed by atoms with Gasteiger partial charge in [-0.1, -0.05) is 48.3 Å². The number of benzene rings is 2. The molecule has 0 aliphatic heterocycles. The summed E-state index contributed by atoms with van der Waals surface area (Å²) in [6.07, 6.45) is 0.835. The van der Waals surface area contributed by atoms with Crippen molar-refractivity contribution in [3.8, 4) is 5.69 Å². The fourth-order valence-electron chi connectivity index (χ4n) is 2.77. The van der Waals surface area contributed by atoms with Gasteiger partial charge in [0.25, 0.3) is 5.91 Å². The maximum absolute atomic E-state index is 12.7. The summed E-state index contributed by atoms with van der Waals surface area (Å²) in [5.74, 6) is 0.123. The first kappa shape index (κ1) is 21.8. The third kappa shape index (κ3) is 4.80. The van der Waals surface area contributed by atoms with E-state index in [1.54, 1.807) is 56.6 Å². The number of hydrogen-bond acceptors (Lipinski definition) is 4. The molecule has 0 unspecified atom stereocenters. The lowest BCUT2D eigenvalue weighted by Gasteiger charge is -2.10. The van der Waals surface area contributed by atoms with E-state index in [2.05, 4.69) is 15.4 Å². The number of likely N-dealkylation sites (N-methyl/N-ethyl adjacent to an activating group) is 1. The number of nitrogens with one attached hydrogen (secondary N) is 1. The third-order valence-electron chi connectivity index (χ3n) is 4.41. The second kappa shape index (κ2) is 9.28. The molecule has 2 aromatic carbocycles. The van der Waals surface area contributed by atoms with Crippen molar-refractivity contribution in [2.24, 2.45) is 0 Å². The van der Waals surface area contributed by atoms with Crippen LogP contribution in [-0.2, 0) is 17.6 Å². The summed E-state index contributed by atoms with van der Waals surface area (Å²) in [6, 6.07) is 12.2. The Bertz CT molecular complexity index is 1060. The summed E-state index contributed by atoms with van der Waals surface area (Å²) in [6.45, 7) is 1.90. The molecule has 156 valence electrons. The summed E-state index contributed by atoms with van der Waals surface area (Å²) in [5, 5.41) is 7.92. The van der Waals surface area contributed by atoms with Gasteiger partial charge in [-0.25, -0.2) is 9.67 Å². The van der Waals surface area contributed by atoms with Crippen LogP contribution in [0.3, 0.4) is 0 Å². The molecule has 30 heavy (non-hydrogen) atoms. The van der Waals surface area contributed by atoms with E-state index >= 15 is 0 Å². The van der Waals surface area contributed by atoms with Crippen LogP contribution in [-0.4, -0.2) is 45.6 Å². The molecule has 3 aromatic rings. The van der Waals surface area contributed by atoms with Gasteiger partial charge in [0.2, 0.25) is 11.7 Å². The molecule has 1 N–H and O–H groups in total. The van der Waals surface area contributed by atoms with E-state index in [9.17, 15) is 9.59 Å². The summed E-state index contributed by atoms with van der Waals surface area (Å²) in [5.41, 5.74) is 1.92. The molecule has 1 heterocycles. The first-order valence-corrected chi connectivity index (χ1v) is 10.1. The zero-order chi connectivity index (χ0) is 21.8. The van der Waals surface area contributed by atoms with Gasteiger partial charge in [0.1, 0.15) is 11.5 Å². The molecule has 0 bridgehead atoms. The second-order valence-electron chi connectivity index (χ2n) is 6.80. The van der Waals surface area contributed by atoms with Crippen LogP contribution in [0, 0.1) is 0 Å². The van der Waals surface area contributed by atoms with E-state index in [-0.39, 0.29) is 11.7 Å². The van der Waals surface area contributed by atoms with Crippen LogP contribution in [0.4, 0.5) is 5.69 Å². The van der Waals surface area contributed by atoms with Crippen LogP contribution in [0.2, 0.25) is 10.0 Å². The minimum absolute atomic E-state index is 0.00635. The van der Waals surface area contributed by atoms with Gasteiger partial charge in [-0.05, 0) is 29.8 Å². The molecular weight excluding hydrogens is 425 g/mol. The van der Waals surface area contributed by atoms with Crippen molar-refractivity contribution in [1.29, 1.82) is 0 Å². The Kier molecular flexibility index (Phi) is 6.74. The van der Waals surface area contributed by atoms with Gasteiger partial charge in [0.05, 0.1) is 16.5 Å². The molecule has 0 radical (unpaired) electrons. The molecule has 1 aromatic heterocycles. The van der Waals surface area contributed by atoms with E-state index < -0.39 is 5.91 Å². The van der Waals surface area contributed by atoms with Crippen molar-refractivity contribution in [2.75, 3.05) is 19.4 Å². The van der Waals surface area contributed by atoms with Crippen molar-refractivity contribution in [1.82, 2.24) is 19.7 Å². The highest BCUT2D eigenvalue weighted by atomic mass is 35.5. The van der Waals surface area contributed by atoms with Crippen LogP contribution in [0.1, 0.15) is 28.9 Å². The quantitative estimate of drug-likeness (QED) is 0.621. The number of halogens is 2. The first-order chi connectivity index (χ1) is 14.3. The Morgan fingerprint density at radius 3 is 2.27 bits per heavy atom. The number of aryl methyl sites for hydroxylation is 1. The number of para-hydroxylation sites is 1. The summed E-state index contributed by atoms with van der Waals surface area (Å²) in [4.78, 5) is 30.3. The molecule has 0 aliphatic rings. The van der Waals surface area contributed by atoms with Gasteiger partial charge in [0, 0.05) is 26.2 Å². The Labute approximate surface area is 184 Å². The molecular formula is C21H21Cl2N5O2. The van der Waals surface area contributed by atoms with Crippen LogP contribution in [0.15, 0.2) is 42.5 Å². The molecule has 9 heteroatoms. The van der Waals surface area contributed by atoms with E-state index in [0.29, 0.717) is 40.1 Å². The van der Waals surface area contributed by atoms with Gasteiger partial charge < -0.3 is 10.2 Å². The highest BCUT2D eigenvalue weighted by Crippen LogP contribution is 2.28. The van der Waals surface area contributed by atoms with Gasteiger partial charge >= 0.3 is 0 Å². The number of nitrogens with zero attached hydrogens (tertiary/aromatic N) is 4. The van der Waals surface area contributed by atoms with Crippen molar-refractivity contribution >= 4 is 40.7 Å². The van der Waals surface area contributed by atoms with Crippen LogP contribution >= 0.6 is 23.2 Å². The standard InChI is InChI=1S/C21H21Cl2N5O2/c1-4-17-25-20(26-28(17)19-15(22)6-5-7-16(19)23)21(30)24-14-10-8-13(9-11-14)12-18(29)27(2)3/h5-11H,4,12H2,1-3H3,(H,24,30). The maximum atomic E-state index is 12.7. The van der Waals surface area contributed by atoms with Gasteiger partial charge in [-0.2, -0.15) is 0 Å². The molecule has 0 saturated heterocycles. The van der Waals surface area contributed by atoms with Gasteiger partial charge in [0.15, 0.2) is 0 Å². The number of anilines is 1. The van der Waals surface area contributed by atoms with Crippen LogP contribution in [0.25, 0.3) is 5.69 Å². The topological polar surface area (TPSA) is 80.1 Å². The van der Waals surface area contributed by atoms with Gasteiger partial charge in [-0.15, -0.1) is 5.10 Å². The molecule has 0 atom stereocenters. The fourth-order valence-corrected chi connectivity index (χ4v) is 3.32. The van der Waals surface area contributed by atoms with Crippen molar-refractivity contribution in [3.63, 3.8) is 0 Å². The molecule has 3 rings (SSSR count). The molecule has 7 nitrogen and oxygen atoms in total. The average Bonchev–Trinajstić information content (AvgIpc) is 3.13.